The lowest BCUT2D eigenvalue weighted by Crippen LogP contribution is -2.38. The van der Waals surface area contributed by atoms with Gasteiger partial charge in [-0.25, -0.2) is 9.48 Å². The van der Waals surface area contributed by atoms with Crippen molar-refractivity contribution in [1.29, 1.82) is 0 Å². The average Bonchev–Trinajstić information content (AvgIpc) is 2.92. The summed E-state index contributed by atoms with van der Waals surface area (Å²) >= 11 is 0. The van der Waals surface area contributed by atoms with Crippen molar-refractivity contribution in [2.75, 3.05) is 19.0 Å². The van der Waals surface area contributed by atoms with Crippen molar-refractivity contribution in [3.8, 4) is 5.75 Å². The fourth-order valence-corrected chi connectivity index (χ4v) is 3.39. The summed E-state index contributed by atoms with van der Waals surface area (Å²) in [7, 11) is 1.66. The molecule has 3 rings (SSSR count). The molecule has 0 bridgehead atoms. The molecular weight excluding hydrogens is 318 g/mol. The summed E-state index contributed by atoms with van der Waals surface area (Å²) in [6.07, 6.45) is 0.857. The first-order valence-electron chi connectivity index (χ1n) is 8.55. The van der Waals surface area contributed by atoms with E-state index in [1.807, 2.05) is 23.7 Å². The molecule has 1 aliphatic rings. The third kappa shape index (κ3) is 3.08. The largest absolute Gasteiger partial charge is 0.497 e. The van der Waals surface area contributed by atoms with Crippen LogP contribution in [0.5, 0.6) is 5.75 Å². The number of esters is 1. The molecule has 1 unspecified atom stereocenters. The van der Waals surface area contributed by atoms with E-state index in [1.165, 1.54) is 0 Å². The second-order valence-electron chi connectivity index (χ2n) is 6.93. The van der Waals surface area contributed by atoms with Gasteiger partial charge in [0.05, 0.1) is 31.0 Å². The first-order valence-corrected chi connectivity index (χ1v) is 8.55. The number of benzene rings is 1. The van der Waals surface area contributed by atoms with E-state index in [-0.39, 0.29) is 17.6 Å². The van der Waals surface area contributed by atoms with Gasteiger partial charge in [0, 0.05) is 0 Å². The van der Waals surface area contributed by atoms with Gasteiger partial charge < -0.3 is 14.8 Å². The number of aryl methyl sites for hydroxylation is 1. The number of nitrogens with one attached hydrogen (secondary N) is 1. The summed E-state index contributed by atoms with van der Waals surface area (Å²) in [4.78, 5) is 12.4. The third-order valence-corrected chi connectivity index (χ3v) is 4.65. The lowest BCUT2D eigenvalue weighted by molar-refractivity contribution is 0.0526. The molecule has 1 aromatic carbocycles. The van der Waals surface area contributed by atoms with Crippen molar-refractivity contribution in [3.63, 3.8) is 0 Å². The number of hydrogen-bond acceptors (Lipinski definition) is 5. The van der Waals surface area contributed by atoms with Crippen LogP contribution in [0.25, 0.3) is 0 Å². The van der Waals surface area contributed by atoms with Crippen LogP contribution in [-0.2, 0) is 10.3 Å². The van der Waals surface area contributed by atoms with Crippen LogP contribution in [0.2, 0.25) is 0 Å². The molecule has 134 valence electrons. The van der Waals surface area contributed by atoms with Gasteiger partial charge in [0.25, 0.3) is 0 Å². The Bertz CT molecular complexity index is 778. The van der Waals surface area contributed by atoms with E-state index in [1.54, 1.807) is 14.0 Å². The van der Waals surface area contributed by atoms with Crippen LogP contribution < -0.4 is 10.1 Å². The number of anilines is 1. The van der Waals surface area contributed by atoms with Crippen molar-refractivity contribution in [3.05, 3.63) is 41.1 Å². The zero-order valence-electron chi connectivity index (χ0n) is 15.4. The van der Waals surface area contributed by atoms with Crippen molar-refractivity contribution in [2.45, 2.75) is 45.7 Å². The molecule has 1 atom stereocenters. The molecule has 1 N–H and O–H groups in total. The second kappa shape index (κ2) is 6.43. The number of ether oxygens (including phenoxy) is 2. The zero-order valence-corrected chi connectivity index (χ0v) is 15.4. The SMILES string of the molecule is CCOC(=O)c1c(C)nn2c1NC(c1ccc(OC)cc1)CC2(C)C. The molecule has 0 radical (unpaired) electrons. The molecule has 0 fully saturated rings. The molecule has 25 heavy (non-hydrogen) atoms. The van der Waals surface area contributed by atoms with Crippen LogP contribution in [-0.4, -0.2) is 29.5 Å². The maximum absolute atomic E-state index is 12.4. The molecule has 2 aromatic rings. The van der Waals surface area contributed by atoms with Crippen LogP contribution in [0.1, 0.15) is 54.8 Å². The van der Waals surface area contributed by atoms with Gasteiger partial charge >= 0.3 is 5.97 Å². The summed E-state index contributed by atoms with van der Waals surface area (Å²) in [6.45, 7) is 8.26. The predicted molar refractivity (Wildman–Crippen MR) is 96.2 cm³/mol. The number of aromatic nitrogens is 2. The monoisotopic (exact) mass is 343 g/mol. The number of carbonyl (C=O) groups is 1. The van der Waals surface area contributed by atoms with E-state index in [9.17, 15) is 4.79 Å². The lowest BCUT2D eigenvalue weighted by Gasteiger charge is -2.38. The molecule has 1 aliphatic heterocycles. The van der Waals surface area contributed by atoms with Gasteiger partial charge in [-0.15, -0.1) is 0 Å². The van der Waals surface area contributed by atoms with Gasteiger partial charge in [0.15, 0.2) is 0 Å². The Kier molecular flexibility index (Phi) is 4.45. The molecule has 0 aliphatic carbocycles. The van der Waals surface area contributed by atoms with Gasteiger partial charge in [-0.05, 0) is 51.8 Å². The van der Waals surface area contributed by atoms with Crippen molar-refractivity contribution in [2.24, 2.45) is 0 Å². The first-order chi connectivity index (χ1) is 11.9. The Hall–Kier alpha value is -2.50. The Balaban J connectivity index is 2.01. The van der Waals surface area contributed by atoms with E-state index < -0.39 is 0 Å². The summed E-state index contributed by atoms with van der Waals surface area (Å²) in [5.41, 5.74) is 2.13. The number of rotatable bonds is 4. The Morgan fingerprint density at radius 2 is 2.04 bits per heavy atom. The second-order valence-corrected chi connectivity index (χ2v) is 6.93. The van der Waals surface area contributed by atoms with Gasteiger partial charge in [0.2, 0.25) is 0 Å². The van der Waals surface area contributed by atoms with Crippen LogP contribution in [0, 0.1) is 6.92 Å². The number of fused-ring (bicyclic) bond motifs is 1. The van der Waals surface area contributed by atoms with Gasteiger partial charge in [-0.1, -0.05) is 12.1 Å². The van der Waals surface area contributed by atoms with Crippen molar-refractivity contribution >= 4 is 11.8 Å². The standard InChI is InChI=1S/C19H25N3O3/c1-6-25-18(23)16-12(2)21-22-17(16)20-15(11-19(22,3)4)13-7-9-14(24-5)10-8-13/h7-10,15,20H,6,11H2,1-5H3. The summed E-state index contributed by atoms with van der Waals surface area (Å²) in [5.74, 6) is 1.22. The van der Waals surface area contributed by atoms with Gasteiger partial charge in [-0.2, -0.15) is 5.10 Å². The number of carbonyl (C=O) groups excluding carboxylic acids is 1. The third-order valence-electron chi connectivity index (χ3n) is 4.65. The first kappa shape index (κ1) is 17.3. The molecule has 0 spiro atoms. The van der Waals surface area contributed by atoms with E-state index >= 15 is 0 Å². The van der Waals surface area contributed by atoms with E-state index in [4.69, 9.17) is 9.47 Å². The molecule has 0 saturated heterocycles. The highest BCUT2D eigenvalue weighted by atomic mass is 16.5. The fraction of sp³-hybridized carbons (Fsp3) is 0.474. The molecule has 6 nitrogen and oxygen atoms in total. The van der Waals surface area contributed by atoms with Gasteiger partial charge in [0.1, 0.15) is 17.1 Å². The Labute approximate surface area is 148 Å². The van der Waals surface area contributed by atoms with E-state index in [0.717, 1.165) is 23.6 Å². The van der Waals surface area contributed by atoms with Crippen molar-refractivity contribution < 1.29 is 14.3 Å². The number of nitrogens with zero attached hydrogens (tertiary/aromatic N) is 2. The predicted octanol–water partition coefficient (Wildman–Crippen LogP) is 3.67. The van der Waals surface area contributed by atoms with Crippen LogP contribution in [0.15, 0.2) is 24.3 Å². The minimum atomic E-state index is -0.333. The van der Waals surface area contributed by atoms with Crippen LogP contribution in [0.3, 0.4) is 0 Å². The smallest absolute Gasteiger partial charge is 0.343 e. The molecule has 2 heterocycles. The molecule has 0 saturated carbocycles. The highest BCUT2D eigenvalue weighted by molar-refractivity contribution is 5.96. The van der Waals surface area contributed by atoms with Crippen molar-refractivity contribution in [1.82, 2.24) is 9.78 Å². The molecule has 6 heteroatoms. The summed E-state index contributed by atoms with van der Waals surface area (Å²) < 4.78 is 12.4. The highest BCUT2D eigenvalue weighted by Crippen LogP contribution is 2.41. The molecule has 0 amide bonds. The fourth-order valence-electron chi connectivity index (χ4n) is 3.39. The maximum atomic E-state index is 12.4. The quantitative estimate of drug-likeness (QED) is 0.858. The van der Waals surface area contributed by atoms with E-state index in [2.05, 4.69) is 36.4 Å². The minimum absolute atomic E-state index is 0.0812. The zero-order chi connectivity index (χ0) is 18.2. The summed E-state index contributed by atoms with van der Waals surface area (Å²) in [6, 6.07) is 8.09. The molecular formula is C19H25N3O3. The number of hydrogen-bond donors (Lipinski definition) is 1. The summed E-state index contributed by atoms with van der Waals surface area (Å²) in [5, 5.41) is 8.09. The maximum Gasteiger partial charge on any atom is 0.343 e. The lowest BCUT2D eigenvalue weighted by atomic mass is 9.89. The van der Waals surface area contributed by atoms with Crippen LogP contribution in [0.4, 0.5) is 5.82 Å². The minimum Gasteiger partial charge on any atom is -0.497 e. The topological polar surface area (TPSA) is 65.4 Å². The highest BCUT2D eigenvalue weighted by Gasteiger charge is 2.38. The number of methoxy groups -OCH3 is 1. The molecule has 1 aromatic heterocycles. The normalized spacial score (nSPS) is 18.2. The van der Waals surface area contributed by atoms with Crippen LogP contribution >= 0.6 is 0 Å². The van der Waals surface area contributed by atoms with E-state index in [0.29, 0.717) is 17.9 Å². The van der Waals surface area contributed by atoms with Gasteiger partial charge in [-0.3, -0.25) is 0 Å². The average molecular weight is 343 g/mol. The Morgan fingerprint density at radius 3 is 2.64 bits per heavy atom. The Morgan fingerprint density at radius 1 is 1.36 bits per heavy atom.